The van der Waals surface area contributed by atoms with Gasteiger partial charge in [0.2, 0.25) is 5.91 Å². The number of hydrogen-bond acceptors (Lipinski definition) is 4. The van der Waals surface area contributed by atoms with E-state index in [-0.39, 0.29) is 18.1 Å². The third-order valence-corrected chi connectivity index (χ3v) is 2.82. The molecular formula is C11H18N4O2. The number of hydrogen-bond donors (Lipinski definition) is 2. The number of nitrogens with one attached hydrogen (secondary N) is 2. The third-order valence-electron chi connectivity index (χ3n) is 2.82. The maximum atomic E-state index is 12.0. The minimum Gasteiger partial charge on any atom is -0.375 e. The molecule has 6 heteroatoms. The van der Waals surface area contributed by atoms with Gasteiger partial charge in [-0.1, -0.05) is 0 Å². The van der Waals surface area contributed by atoms with Gasteiger partial charge in [0.15, 0.2) is 0 Å². The van der Waals surface area contributed by atoms with Gasteiger partial charge in [-0.3, -0.25) is 9.48 Å². The van der Waals surface area contributed by atoms with Gasteiger partial charge in [0.25, 0.3) is 0 Å². The summed E-state index contributed by atoms with van der Waals surface area (Å²) in [5, 5.41) is 10.1. The molecular weight excluding hydrogens is 220 g/mol. The summed E-state index contributed by atoms with van der Waals surface area (Å²) < 4.78 is 7.20. The van der Waals surface area contributed by atoms with E-state index in [1.54, 1.807) is 10.9 Å². The molecule has 1 aromatic rings. The van der Waals surface area contributed by atoms with Crippen LogP contribution in [-0.4, -0.2) is 41.0 Å². The van der Waals surface area contributed by atoms with Crippen molar-refractivity contribution in [3.63, 3.8) is 0 Å². The number of morpholine rings is 1. The number of rotatable bonds is 3. The summed E-state index contributed by atoms with van der Waals surface area (Å²) in [5.41, 5.74) is 0.719. The fraction of sp³-hybridized carbons (Fsp3) is 0.636. The van der Waals surface area contributed by atoms with Gasteiger partial charge in [0, 0.05) is 19.3 Å². The zero-order chi connectivity index (χ0) is 12.3. The standard InChI is InChI=1S/C11H18N4O2/c1-3-15-7-9(6-13-15)14-11(16)10-8(2)17-5-4-12-10/h6-8,10,12H,3-5H2,1-2H3,(H,14,16)/t8-,10+/m1/s1. The Morgan fingerprint density at radius 3 is 3.24 bits per heavy atom. The number of nitrogens with zero attached hydrogens (tertiary/aromatic N) is 2. The van der Waals surface area contributed by atoms with Crippen molar-refractivity contribution >= 4 is 11.6 Å². The first-order valence-corrected chi connectivity index (χ1v) is 5.89. The Hall–Kier alpha value is -1.40. The minimum absolute atomic E-state index is 0.0761. The third kappa shape index (κ3) is 2.83. The van der Waals surface area contributed by atoms with E-state index in [2.05, 4.69) is 15.7 Å². The van der Waals surface area contributed by atoms with Crippen molar-refractivity contribution in [2.45, 2.75) is 32.5 Å². The van der Waals surface area contributed by atoms with Gasteiger partial charge in [-0.25, -0.2) is 0 Å². The average Bonchev–Trinajstić information content (AvgIpc) is 2.77. The van der Waals surface area contributed by atoms with Crippen LogP contribution in [0.2, 0.25) is 0 Å². The van der Waals surface area contributed by atoms with Crippen molar-refractivity contribution in [3.8, 4) is 0 Å². The second kappa shape index (κ2) is 5.29. The quantitative estimate of drug-likeness (QED) is 0.790. The highest BCUT2D eigenvalue weighted by molar-refractivity contribution is 5.95. The van der Waals surface area contributed by atoms with Gasteiger partial charge < -0.3 is 15.4 Å². The maximum Gasteiger partial charge on any atom is 0.244 e. The summed E-state index contributed by atoms with van der Waals surface area (Å²) in [4.78, 5) is 12.0. The van der Waals surface area contributed by atoms with Gasteiger partial charge in [0.1, 0.15) is 6.04 Å². The van der Waals surface area contributed by atoms with Gasteiger partial charge in [0.05, 0.1) is 24.6 Å². The number of amides is 1. The highest BCUT2D eigenvalue weighted by Gasteiger charge is 2.28. The first-order valence-electron chi connectivity index (χ1n) is 5.89. The normalized spacial score (nSPS) is 24.6. The fourth-order valence-electron chi connectivity index (χ4n) is 1.85. The van der Waals surface area contributed by atoms with Crippen molar-refractivity contribution in [1.82, 2.24) is 15.1 Å². The van der Waals surface area contributed by atoms with Crippen LogP contribution in [0.5, 0.6) is 0 Å². The Balaban J connectivity index is 1.95. The summed E-state index contributed by atoms with van der Waals surface area (Å²) in [6, 6.07) is -0.297. The van der Waals surface area contributed by atoms with Crippen LogP contribution in [0.1, 0.15) is 13.8 Å². The summed E-state index contributed by atoms with van der Waals surface area (Å²) in [6.45, 7) is 6.04. The topological polar surface area (TPSA) is 68.2 Å². The van der Waals surface area contributed by atoms with Gasteiger partial charge >= 0.3 is 0 Å². The van der Waals surface area contributed by atoms with Crippen LogP contribution in [0.3, 0.4) is 0 Å². The Kier molecular flexibility index (Phi) is 3.75. The fourth-order valence-corrected chi connectivity index (χ4v) is 1.85. The first-order chi connectivity index (χ1) is 8.20. The monoisotopic (exact) mass is 238 g/mol. The molecule has 0 saturated carbocycles. The zero-order valence-electron chi connectivity index (χ0n) is 10.1. The van der Waals surface area contributed by atoms with E-state index < -0.39 is 0 Å². The average molecular weight is 238 g/mol. The highest BCUT2D eigenvalue weighted by Crippen LogP contribution is 2.09. The number of aromatic nitrogens is 2. The molecule has 17 heavy (non-hydrogen) atoms. The Morgan fingerprint density at radius 2 is 2.59 bits per heavy atom. The zero-order valence-corrected chi connectivity index (χ0v) is 10.1. The van der Waals surface area contributed by atoms with E-state index in [9.17, 15) is 4.79 Å². The van der Waals surface area contributed by atoms with Crippen molar-refractivity contribution in [1.29, 1.82) is 0 Å². The molecule has 6 nitrogen and oxygen atoms in total. The molecule has 0 radical (unpaired) electrons. The van der Waals surface area contributed by atoms with Gasteiger partial charge in [-0.2, -0.15) is 5.10 Å². The van der Waals surface area contributed by atoms with Gasteiger partial charge in [-0.15, -0.1) is 0 Å². The molecule has 0 aliphatic carbocycles. The van der Waals surface area contributed by atoms with E-state index >= 15 is 0 Å². The molecule has 1 saturated heterocycles. The van der Waals surface area contributed by atoms with E-state index in [0.717, 1.165) is 12.2 Å². The van der Waals surface area contributed by atoms with Crippen LogP contribution >= 0.6 is 0 Å². The van der Waals surface area contributed by atoms with Crippen molar-refractivity contribution in [3.05, 3.63) is 12.4 Å². The van der Waals surface area contributed by atoms with E-state index in [1.807, 2.05) is 20.0 Å². The molecule has 0 bridgehead atoms. The maximum absolute atomic E-state index is 12.0. The summed E-state index contributed by atoms with van der Waals surface area (Å²) in [7, 11) is 0. The Morgan fingerprint density at radius 1 is 1.76 bits per heavy atom. The summed E-state index contributed by atoms with van der Waals surface area (Å²) in [5.74, 6) is -0.0761. The number of carbonyl (C=O) groups is 1. The van der Waals surface area contributed by atoms with E-state index in [0.29, 0.717) is 13.2 Å². The molecule has 2 atom stereocenters. The van der Waals surface area contributed by atoms with Crippen LogP contribution in [0, 0.1) is 0 Å². The van der Waals surface area contributed by atoms with Crippen molar-refractivity contribution in [2.75, 3.05) is 18.5 Å². The molecule has 2 heterocycles. The Labute approximate surface area is 100 Å². The molecule has 1 aliphatic rings. The van der Waals surface area contributed by atoms with Gasteiger partial charge in [-0.05, 0) is 13.8 Å². The second-order valence-corrected chi connectivity index (χ2v) is 4.08. The molecule has 1 fully saturated rings. The number of carbonyl (C=O) groups excluding carboxylic acids is 1. The SMILES string of the molecule is CCn1cc(NC(=O)[C@H]2NCCO[C@@H]2C)cn1. The van der Waals surface area contributed by atoms with Crippen LogP contribution in [0.25, 0.3) is 0 Å². The van der Waals surface area contributed by atoms with E-state index in [1.165, 1.54) is 0 Å². The number of ether oxygens (including phenoxy) is 1. The number of aryl methyl sites for hydroxylation is 1. The lowest BCUT2D eigenvalue weighted by Gasteiger charge is -2.29. The molecule has 2 N–H and O–H groups in total. The largest absolute Gasteiger partial charge is 0.375 e. The molecule has 1 aliphatic heterocycles. The van der Waals surface area contributed by atoms with Crippen LogP contribution in [0.15, 0.2) is 12.4 Å². The van der Waals surface area contributed by atoms with Crippen LogP contribution in [-0.2, 0) is 16.1 Å². The molecule has 0 aromatic carbocycles. The first kappa shape index (κ1) is 12.1. The lowest BCUT2D eigenvalue weighted by Crippen LogP contribution is -2.53. The minimum atomic E-state index is -0.297. The highest BCUT2D eigenvalue weighted by atomic mass is 16.5. The molecule has 94 valence electrons. The van der Waals surface area contributed by atoms with Crippen molar-refractivity contribution < 1.29 is 9.53 Å². The predicted octanol–water partition coefficient (Wildman–Crippen LogP) is 0.218. The van der Waals surface area contributed by atoms with Crippen molar-refractivity contribution in [2.24, 2.45) is 0 Å². The van der Waals surface area contributed by atoms with E-state index in [4.69, 9.17) is 4.74 Å². The van der Waals surface area contributed by atoms with Crippen LogP contribution in [0.4, 0.5) is 5.69 Å². The summed E-state index contributed by atoms with van der Waals surface area (Å²) in [6.07, 6.45) is 3.35. The molecule has 0 unspecified atom stereocenters. The second-order valence-electron chi connectivity index (χ2n) is 4.08. The molecule has 0 spiro atoms. The predicted molar refractivity (Wildman–Crippen MR) is 63.7 cm³/mol. The molecule has 1 amide bonds. The number of anilines is 1. The summed E-state index contributed by atoms with van der Waals surface area (Å²) >= 11 is 0. The smallest absolute Gasteiger partial charge is 0.244 e. The lowest BCUT2D eigenvalue weighted by atomic mass is 10.1. The van der Waals surface area contributed by atoms with Crippen LogP contribution < -0.4 is 10.6 Å². The lowest BCUT2D eigenvalue weighted by molar-refractivity contribution is -0.123. The molecule has 1 aromatic heterocycles. The Bertz CT molecular complexity index is 391. The molecule has 2 rings (SSSR count).